The molecular formula is C41H30N2O5. The molecule has 6 aromatic rings. The molecule has 234 valence electrons. The van der Waals surface area contributed by atoms with E-state index in [0.29, 0.717) is 39.2 Å². The van der Waals surface area contributed by atoms with E-state index in [4.69, 9.17) is 13.9 Å². The number of anilines is 4. The molecule has 0 saturated heterocycles. The van der Waals surface area contributed by atoms with Gasteiger partial charge in [0.15, 0.2) is 5.75 Å². The van der Waals surface area contributed by atoms with Gasteiger partial charge in [-0.1, -0.05) is 54.6 Å². The molecule has 0 fully saturated rings. The van der Waals surface area contributed by atoms with E-state index in [1.165, 1.54) is 11.3 Å². The maximum atomic E-state index is 14.4. The molecule has 5 aromatic carbocycles. The number of carbonyl (C=O) groups excluding carboxylic acids is 1. The number of fused-ring (bicyclic) bond motifs is 9. The van der Waals surface area contributed by atoms with Crippen LogP contribution in [0.25, 0.3) is 11.0 Å². The number of hydrogen-bond acceptors (Lipinski definition) is 7. The number of aryl methyl sites for hydroxylation is 1. The molecule has 5 heterocycles. The van der Waals surface area contributed by atoms with Gasteiger partial charge in [-0.25, -0.2) is 9.59 Å². The lowest BCUT2D eigenvalue weighted by Gasteiger charge is -2.42. The molecule has 0 saturated carbocycles. The van der Waals surface area contributed by atoms with Crippen molar-refractivity contribution in [3.05, 3.63) is 153 Å². The molecule has 10 rings (SSSR count). The van der Waals surface area contributed by atoms with Crippen LogP contribution in [0.15, 0.2) is 118 Å². The number of esters is 1. The lowest BCUT2D eigenvalue weighted by molar-refractivity contribution is 0.0214. The number of para-hydroxylation sites is 2. The van der Waals surface area contributed by atoms with Gasteiger partial charge < -0.3 is 23.7 Å². The quantitative estimate of drug-likeness (QED) is 0.143. The maximum absolute atomic E-state index is 14.4. The van der Waals surface area contributed by atoms with E-state index >= 15 is 0 Å². The predicted molar refractivity (Wildman–Crippen MR) is 184 cm³/mol. The summed E-state index contributed by atoms with van der Waals surface area (Å²) in [6.07, 6.45) is 3.80. The van der Waals surface area contributed by atoms with E-state index in [-0.39, 0.29) is 5.56 Å². The first-order chi connectivity index (χ1) is 23.6. The van der Waals surface area contributed by atoms with Gasteiger partial charge in [0.1, 0.15) is 16.9 Å². The summed E-state index contributed by atoms with van der Waals surface area (Å²) in [7, 11) is 0. The molecule has 4 aliphatic rings. The second-order valence-electron chi connectivity index (χ2n) is 12.9. The number of nitrogens with zero attached hydrogens (tertiary/aromatic N) is 2. The number of rotatable bonds is 3. The fourth-order valence-electron chi connectivity index (χ4n) is 8.36. The van der Waals surface area contributed by atoms with E-state index in [1.807, 2.05) is 97.1 Å². The SMILES string of the molecule is O=C1OC2(c3ccccc31)c1cc3c4c(c1Oc1c2c(=O)oc2cc(N(c5ccccc5)c5ccccc5)ccc12)CCCN4CCC3. The lowest BCUT2D eigenvalue weighted by atomic mass is 9.75. The monoisotopic (exact) mass is 630 g/mol. The zero-order chi connectivity index (χ0) is 32.0. The van der Waals surface area contributed by atoms with Crippen LogP contribution in [0.1, 0.15) is 51.0 Å². The molecule has 4 aliphatic heterocycles. The van der Waals surface area contributed by atoms with E-state index in [9.17, 15) is 9.59 Å². The van der Waals surface area contributed by atoms with E-state index < -0.39 is 17.2 Å². The summed E-state index contributed by atoms with van der Waals surface area (Å²) in [4.78, 5) is 32.6. The van der Waals surface area contributed by atoms with Crippen LogP contribution in [-0.4, -0.2) is 19.1 Å². The molecule has 1 atom stereocenters. The smallest absolute Gasteiger partial charge is 0.348 e. The second-order valence-corrected chi connectivity index (χ2v) is 12.9. The van der Waals surface area contributed by atoms with Crippen LogP contribution in [0.2, 0.25) is 0 Å². The van der Waals surface area contributed by atoms with Crippen LogP contribution in [0.4, 0.5) is 22.7 Å². The van der Waals surface area contributed by atoms with E-state index in [0.717, 1.165) is 61.4 Å². The van der Waals surface area contributed by atoms with Gasteiger partial charge >= 0.3 is 11.6 Å². The van der Waals surface area contributed by atoms with Crippen molar-refractivity contribution in [2.24, 2.45) is 0 Å². The van der Waals surface area contributed by atoms with Crippen molar-refractivity contribution in [2.45, 2.75) is 31.3 Å². The van der Waals surface area contributed by atoms with Crippen molar-refractivity contribution >= 4 is 39.7 Å². The van der Waals surface area contributed by atoms with Crippen LogP contribution in [0, 0.1) is 0 Å². The van der Waals surface area contributed by atoms with Gasteiger partial charge in [-0.3, -0.25) is 0 Å². The van der Waals surface area contributed by atoms with Gasteiger partial charge in [-0.15, -0.1) is 0 Å². The number of hydrogen-bond donors (Lipinski definition) is 0. The summed E-state index contributed by atoms with van der Waals surface area (Å²) in [6.45, 7) is 2.01. The third-order valence-electron chi connectivity index (χ3n) is 10.3. The first-order valence-electron chi connectivity index (χ1n) is 16.6. The highest BCUT2D eigenvalue weighted by molar-refractivity contribution is 5.99. The number of benzene rings is 5. The van der Waals surface area contributed by atoms with Crippen LogP contribution in [0.5, 0.6) is 11.5 Å². The Hall–Kier alpha value is -5.82. The summed E-state index contributed by atoms with van der Waals surface area (Å²) in [5, 5.41) is 0.637. The minimum Gasteiger partial charge on any atom is -0.455 e. The van der Waals surface area contributed by atoms with E-state index in [1.54, 1.807) is 6.07 Å². The van der Waals surface area contributed by atoms with Crippen molar-refractivity contribution in [3.8, 4) is 11.5 Å². The largest absolute Gasteiger partial charge is 0.455 e. The molecule has 0 amide bonds. The van der Waals surface area contributed by atoms with Crippen molar-refractivity contribution in [1.82, 2.24) is 0 Å². The summed E-state index contributed by atoms with van der Waals surface area (Å²) < 4.78 is 19.6. The minimum absolute atomic E-state index is 0.201. The highest BCUT2D eigenvalue weighted by Gasteiger charge is 2.57. The predicted octanol–water partition coefficient (Wildman–Crippen LogP) is 8.53. The highest BCUT2D eigenvalue weighted by atomic mass is 16.6. The Balaban J connectivity index is 1.25. The molecule has 0 radical (unpaired) electrons. The van der Waals surface area contributed by atoms with Crippen molar-refractivity contribution in [1.29, 1.82) is 0 Å². The third kappa shape index (κ3) is 3.70. The van der Waals surface area contributed by atoms with E-state index in [2.05, 4.69) is 15.9 Å². The Labute approximate surface area is 276 Å². The van der Waals surface area contributed by atoms with Crippen LogP contribution in [-0.2, 0) is 23.2 Å². The molecule has 48 heavy (non-hydrogen) atoms. The topological polar surface area (TPSA) is 72.2 Å². The molecule has 7 nitrogen and oxygen atoms in total. The summed E-state index contributed by atoms with van der Waals surface area (Å²) in [5.41, 5.74) is 6.61. The Morgan fingerprint density at radius 3 is 2.17 bits per heavy atom. The van der Waals surface area contributed by atoms with Crippen LogP contribution in [0.3, 0.4) is 0 Å². The Bertz CT molecular complexity index is 2330. The summed E-state index contributed by atoms with van der Waals surface area (Å²) in [5.74, 6) is 0.594. The molecule has 0 bridgehead atoms. The fourth-order valence-corrected chi connectivity index (χ4v) is 8.36. The molecular weight excluding hydrogens is 600 g/mol. The molecule has 0 N–H and O–H groups in total. The van der Waals surface area contributed by atoms with Crippen molar-refractivity contribution < 1.29 is 18.7 Å². The molecule has 1 spiro atoms. The van der Waals surface area contributed by atoms with Gasteiger partial charge in [0, 0.05) is 58.6 Å². The normalized spacial score (nSPS) is 18.4. The molecule has 1 aromatic heterocycles. The van der Waals surface area contributed by atoms with Crippen LogP contribution < -0.4 is 20.2 Å². The average molecular weight is 631 g/mol. The van der Waals surface area contributed by atoms with Crippen molar-refractivity contribution in [2.75, 3.05) is 22.9 Å². The first-order valence-corrected chi connectivity index (χ1v) is 16.6. The van der Waals surface area contributed by atoms with Crippen molar-refractivity contribution in [3.63, 3.8) is 0 Å². The molecule has 1 unspecified atom stereocenters. The number of carbonyl (C=O) groups is 1. The standard InChI is InChI=1S/C41H30N2O5/c44-39-29-16-7-8-18-32(29)41(48-39)33-23-25-11-9-21-42-22-10-17-31(36(25)42)37(33)47-38-30-20-19-28(24-34(30)46-40(45)35(38)41)43(26-12-3-1-4-13-26)27-14-5-2-6-15-27/h1-8,12-16,18-20,23-24H,9-11,17,21-22H2. The van der Waals surface area contributed by atoms with Gasteiger partial charge in [-0.05, 0) is 79.8 Å². The zero-order valence-corrected chi connectivity index (χ0v) is 26.1. The minimum atomic E-state index is -1.49. The maximum Gasteiger partial charge on any atom is 0.348 e. The lowest BCUT2D eigenvalue weighted by Crippen LogP contribution is -2.40. The molecule has 7 heteroatoms. The average Bonchev–Trinajstić information content (AvgIpc) is 3.42. The zero-order valence-electron chi connectivity index (χ0n) is 26.1. The highest BCUT2D eigenvalue weighted by Crippen LogP contribution is 2.59. The van der Waals surface area contributed by atoms with Gasteiger partial charge in [-0.2, -0.15) is 0 Å². The summed E-state index contributed by atoms with van der Waals surface area (Å²) in [6, 6.07) is 35.5. The van der Waals surface area contributed by atoms with Gasteiger partial charge in [0.25, 0.3) is 0 Å². The van der Waals surface area contributed by atoms with Gasteiger partial charge in [0.05, 0.1) is 10.9 Å². The van der Waals surface area contributed by atoms with Gasteiger partial charge in [0.2, 0.25) is 5.60 Å². The molecule has 0 aliphatic carbocycles. The third-order valence-corrected chi connectivity index (χ3v) is 10.3. The summed E-state index contributed by atoms with van der Waals surface area (Å²) >= 11 is 0. The Kier molecular flexibility index (Phi) is 5.74. The second kappa shape index (κ2) is 10.1. The Morgan fingerprint density at radius 2 is 1.40 bits per heavy atom. The van der Waals surface area contributed by atoms with Crippen LogP contribution >= 0.6 is 0 Å². The Morgan fingerprint density at radius 1 is 0.688 bits per heavy atom. The fraction of sp³-hybridized carbons (Fsp3) is 0.171. The number of ether oxygens (including phenoxy) is 2. The first kappa shape index (κ1) is 27.3.